The quantitative estimate of drug-likeness (QED) is 0.189. The Kier molecular flexibility index (Phi) is 9.58. The molecule has 3 N–H and O–H groups in total. The molecule has 1 amide bonds. The van der Waals surface area contributed by atoms with Gasteiger partial charge in [-0.2, -0.15) is 4.31 Å². The van der Waals surface area contributed by atoms with Gasteiger partial charge in [-0.05, 0) is 64.6 Å². The predicted octanol–water partition coefficient (Wildman–Crippen LogP) is 5.03. The van der Waals surface area contributed by atoms with E-state index in [2.05, 4.69) is 29.6 Å². The van der Waals surface area contributed by atoms with Crippen molar-refractivity contribution in [1.29, 1.82) is 0 Å². The highest BCUT2D eigenvalue weighted by Crippen LogP contribution is 2.35. The molecule has 0 unspecified atom stereocenters. The zero-order valence-electron chi connectivity index (χ0n) is 24.5. The van der Waals surface area contributed by atoms with Crippen LogP contribution >= 0.6 is 0 Å². The number of aliphatic hydroxyl groups is 1. The molecule has 0 aliphatic carbocycles. The molecule has 1 heterocycles. The highest BCUT2D eigenvalue weighted by atomic mass is 32.2. The second kappa shape index (κ2) is 13.5. The van der Waals surface area contributed by atoms with E-state index < -0.39 is 28.3 Å². The second-order valence-corrected chi connectivity index (χ2v) is 13.1. The van der Waals surface area contributed by atoms with E-state index >= 15 is 0 Å². The molecule has 11 heteroatoms. The molecule has 0 fully saturated rings. The van der Waals surface area contributed by atoms with Crippen LogP contribution in [0.5, 0.6) is 17.2 Å². The minimum atomic E-state index is -4.05. The number of hydrogen-bond acceptors (Lipinski definition) is 7. The number of carbonyl (C=O) groups is 1. The molecule has 2 atom stereocenters. The van der Waals surface area contributed by atoms with E-state index in [-0.39, 0.29) is 37.1 Å². The Balaban J connectivity index is 1.26. The van der Waals surface area contributed by atoms with Crippen LogP contribution in [0.2, 0.25) is 0 Å². The Morgan fingerprint density at radius 2 is 1.61 bits per heavy atom. The summed E-state index contributed by atoms with van der Waals surface area (Å²) in [6.07, 6.45) is -2.52. The summed E-state index contributed by atoms with van der Waals surface area (Å²) in [6.45, 7) is 3.93. The number of hydrogen-bond donors (Lipinski definition) is 3. The maximum absolute atomic E-state index is 13.6. The van der Waals surface area contributed by atoms with Crippen LogP contribution in [0.25, 0.3) is 10.8 Å². The van der Waals surface area contributed by atoms with Gasteiger partial charge in [-0.25, -0.2) is 13.2 Å². The molecule has 5 rings (SSSR count). The zero-order chi connectivity index (χ0) is 31.3. The van der Waals surface area contributed by atoms with Gasteiger partial charge in [-0.1, -0.05) is 62.4 Å². The van der Waals surface area contributed by atoms with Gasteiger partial charge in [0.05, 0.1) is 17.0 Å². The number of aliphatic hydroxyl groups excluding tert-OH is 1. The predicted molar refractivity (Wildman–Crippen MR) is 166 cm³/mol. The monoisotopic (exact) mass is 620 g/mol. The van der Waals surface area contributed by atoms with E-state index in [9.17, 15) is 23.4 Å². The molecule has 4 aromatic rings. The van der Waals surface area contributed by atoms with E-state index in [0.717, 1.165) is 21.9 Å². The van der Waals surface area contributed by atoms with Gasteiger partial charge in [0.25, 0.3) is 0 Å². The summed E-state index contributed by atoms with van der Waals surface area (Å²) < 4.78 is 45.1. The molecule has 1 aliphatic rings. The SMILES string of the molecule is CC(C)CN(C[C@@H](O)[C@H](Cc1ccc(OCc2ccc3ccccc3c2)cc1)NC(=O)O)S(=O)(=O)c1ccc2c(c1)OCO2. The number of amides is 1. The Morgan fingerprint density at radius 1 is 0.909 bits per heavy atom. The number of ether oxygens (including phenoxy) is 3. The van der Waals surface area contributed by atoms with Gasteiger partial charge < -0.3 is 29.7 Å². The van der Waals surface area contributed by atoms with Gasteiger partial charge in [0, 0.05) is 19.2 Å². The van der Waals surface area contributed by atoms with Crippen LogP contribution < -0.4 is 19.5 Å². The number of rotatable bonds is 13. The second-order valence-electron chi connectivity index (χ2n) is 11.2. The number of benzene rings is 4. The Bertz CT molecular complexity index is 1710. The molecular formula is C33H36N2O8S. The highest BCUT2D eigenvalue weighted by molar-refractivity contribution is 7.89. The summed E-state index contributed by atoms with van der Waals surface area (Å²) in [6, 6.07) is 24.8. The van der Waals surface area contributed by atoms with Crippen molar-refractivity contribution >= 4 is 26.9 Å². The number of fused-ring (bicyclic) bond motifs is 2. The molecule has 0 radical (unpaired) electrons. The first-order valence-electron chi connectivity index (χ1n) is 14.4. The van der Waals surface area contributed by atoms with Gasteiger partial charge in [0.1, 0.15) is 12.4 Å². The lowest BCUT2D eigenvalue weighted by atomic mass is 10.0. The number of sulfonamides is 1. The van der Waals surface area contributed by atoms with E-state index in [0.29, 0.717) is 23.9 Å². The van der Waals surface area contributed by atoms with Crippen molar-refractivity contribution in [2.75, 3.05) is 19.9 Å². The molecule has 10 nitrogen and oxygen atoms in total. The third-order valence-corrected chi connectivity index (χ3v) is 9.14. The fraction of sp³-hybridized carbons (Fsp3) is 0.303. The standard InChI is InChI=1S/C33H36N2O8S/c1-22(2)18-35(44(39,40)28-13-14-31-32(17-28)43-21-42-31)19-30(36)29(34-33(37)38)16-23-8-11-27(12-9-23)41-20-24-7-10-25-5-3-4-6-26(25)15-24/h3-15,17,22,29-30,34,36H,16,18-21H2,1-2H3,(H,37,38)/t29-,30+/m0/s1. The van der Waals surface area contributed by atoms with Crippen LogP contribution in [-0.4, -0.2) is 61.1 Å². The molecule has 232 valence electrons. The molecule has 0 bridgehead atoms. The van der Waals surface area contributed by atoms with E-state index in [1.807, 2.05) is 32.0 Å². The van der Waals surface area contributed by atoms with Crippen LogP contribution in [0.3, 0.4) is 0 Å². The Morgan fingerprint density at radius 3 is 2.34 bits per heavy atom. The molecule has 0 spiro atoms. The fourth-order valence-corrected chi connectivity index (χ4v) is 6.75. The van der Waals surface area contributed by atoms with Crippen LogP contribution in [0, 0.1) is 5.92 Å². The molecular weight excluding hydrogens is 584 g/mol. The fourth-order valence-electron chi connectivity index (χ4n) is 5.11. The maximum Gasteiger partial charge on any atom is 0.404 e. The summed E-state index contributed by atoms with van der Waals surface area (Å²) in [5, 5.41) is 25.4. The van der Waals surface area contributed by atoms with Crippen LogP contribution in [0.15, 0.2) is 89.8 Å². The molecule has 4 aromatic carbocycles. The van der Waals surface area contributed by atoms with E-state index in [4.69, 9.17) is 14.2 Å². The maximum atomic E-state index is 13.6. The van der Waals surface area contributed by atoms with Gasteiger partial charge in [0.2, 0.25) is 16.8 Å². The molecule has 1 aliphatic heterocycles. The van der Waals surface area contributed by atoms with Crippen molar-refractivity contribution in [3.05, 3.63) is 96.1 Å². The van der Waals surface area contributed by atoms with Crippen molar-refractivity contribution in [1.82, 2.24) is 9.62 Å². The minimum absolute atomic E-state index is 0.00313. The summed E-state index contributed by atoms with van der Waals surface area (Å²) >= 11 is 0. The Hall–Kier alpha value is -4.32. The number of nitrogens with zero attached hydrogens (tertiary/aromatic N) is 1. The molecule has 44 heavy (non-hydrogen) atoms. The topological polar surface area (TPSA) is 135 Å². The number of nitrogens with one attached hydrogen (secondary N) is 1. The van der Waals surface area contributed by atoms with Gasteiger partial charge in [-0.15, -0.1) is 0 Å². The van der Waals surface area contributed by atoms with Gasteiger partial charge >= 0.3 is 6.09 Å². The van der Waals surface area contributed by atoms with Crippen LogP contribution in [0.4, 0.5) is 4.79 Å². The smallest absolute Gasteiger partial charge is 0.404 e. The summed E-state index contributed by atoms with van der Waals surface area (Å²) in [4.78, 5) is 11.6. The van der Waals surface area contributed by atoms with Gasteiger partial charge in [0.15, 0.2) is 11.5 Å². The first-order chi connectivity index (χ1) is 21.1. The summed E-state index contributed by atoms with van der Waals surface area (Å²) in [5.41, 5.74) is 1.78. The van der Waals surface area contributed by atoms with Crippen molar-refractivity contribution in [2.45, 2.75) is 43.9 Å². The lowest BCUT2D eigenvalue weighted by Crippen LogP contribution is -2.50. The summed E-state index contributed by atoms with van der Waals surface area (Å²) in [7, 11) is -4.05. The first kappa shape index (κ1) is 31.1. The average Bonchev–Trinajstić information content (AvgIpc) is 3.48. The molecule has 0 aromatic heterocycles. The van der Waals surface area contributed by atoms with Crippen LogP contribution in [0.1, 0.15) is 25.0 Å². The van der Waals surface area contributed by atoms with E-state index in [1.54, 1.807) is 24.3 Å². The largest absolute Gasteiger partial charge is 0.489 e. The Labute approximate surface area is 256 Å². The molecule has 0 saturated heterocycles. The highest BCUT2D eigenvalue weighted by Gasteiger charge is 2.32. The normalized spacial score (nSPS) is 14.1. The third kappa shape index (κ3) is 7.60. The zero-order valence-corrected chi connectivity index (χ0v) is 25.4. The minimum Gasteiger partial charge on any atom is -0.489 e. The summed E-state index contributed by atoms with van der Waals surface area (Å²) in [5.74, 6) is 1.36. The first-order valence-corrected chi connectivity index (χ1v) is 15.8. The molecule has 0 saturated carbocycles. The van der Waals surface area contributed by atoms with Crippen molar-refractivity contribution < 1.29 is 37.6 Å². The van der Waals surface area contributed by atoms with E-state index in [1.165, 1.54) is 22.5 Å². The van der Waals surface area contributed by atoms with Crippen molar-refractivity contribution in [3.63, 3.8) is 0 Å². The van der Waals surface area contributed by atoms with Gasteiger partial charge in [-0.3, -0.25) is 0 Å². The lowest BCUT2D eigenvalue weighted by Gasteiger charge is -2.30. The lowest BCUT2D eigenvalue weighted by molar-refractivity contribution is 0.0980. The van der Waals surface area contributed by atoms with Crippen molar-refractivity contribution in [2.24, 2.45) is 5.92 Å². The van der Waals surface area contributed by atoms with Crippen molar-refractivity contribution in [3.8, 4) is 17.2 Å². The third-order valence-electron chi connectivity index (χ3n) is 7.31. The number of carboxylic acid groups (broad SMARTS) is 1. The average molecular weight is 621 g/mol. The van der Waals surface area contributed by atoms with Crippen LogP contribution in [-0.2, 0) is 23.1 Å².